The zero-order valence-electron chi connectivity index (χ0n) is 25.5. The van der Waals surface area contributed by atoms with Crippen molar-refractivity contribution in [2.45, 2.75) is 95.5 Å². The molecule has 0 spiro atoms. The molecule has 9 heteroatoms. The number of carbonyl (C=O) groups excluding carboxylic acids is 2. The number of H-pyrrole nitrogens is 1. The predicted molar refractivity (Wildman–Crippen MR) is 167 cm³/mol. The Kier molecular flexibility index (Phi) is 7.26. The van der Waals surface area contributed by atoms with Crippen molar-refractivity contribution >= 4 is 22.9 Å². The van der Waals surface area contributed by atoms with Crippen molar-refractivity contribution in [3.8, 4) is 17.0 Å². The van der Waals surface area contributed by atoms with Gasteiger partial charge in [-0.3, -0.25) is 14.9 Å². The highest BCUT2D eigenvalue weighted by atomic mass is 16.6. The van der Waals surface area contributed by atoms with Crippen LogP contribution in [0.5, 0.6) is 5.75 Å². The molecule has 1 aliphatic carbocycles. The van der Waals surface area contributed by atoms with E-state index < -0.39 is 5.60 Å². The third-order valence-corrected chi connectivity index (χ3v) is 8.91. The summed E-state index contributed by atoms with van der Waals surface area (Å²) in [6, 6.07) is 17.9. The predicted octanol–water partition coefficient (Wildman–Crippen LogP) is 6.74. The first-order valence-electron chi connectivity index (χ1n) is 15.7. The van der Waals surface area contributed by atoms with E-state index in [0.29, 0.717) is 18.0 Å². The van der Waals surface area contributed by atoms with E-state index in [2.05, 4.69) is 26.6 Å². The molecule has 9 nitrogen and oxygen atoms in total. The SMILES string of the molecule is CC(C)(C)OC(=O)N1C2CCC1CC(Oc1ccc(-c3n[nH]c4ccc(C(=O)NCc5ncccc5C5CC5)cc34)cc1)C2. The molecular formula is C35H39N5O4. The molecule has 2 aromatic heterocycles. The molecule has 2 aromatic carbocycles. The van der Waals surface area contributed by atoms with Crippen molar-refractivity contribution < 1.29 is 19.1 Å². The highest BCUT2D eigenvalue weighted by molar-refractivity contribution is 6.01. The van der Waals surface area contributed by atoms with Crippen LogP contribution >= 0.6 is 0 Å². The molecule has 2 N–H and O–H groups in total. The highest BCUT2D eigenvalue weighted by Crippen LogP contribution is 2.41. The number of piperidine rings is 1. The Morgan fingerprint density at radius 3 is 2.45 bits per heavy atom. The fourth-order valence-corrected chi connectivity index (χ4v) is 6.73. The fourth-order valence-electron chi connectivity index (χ4n) is 6.73. The zero-order valence-corrected chi connectivity index (χ0v) is 25.5. The molecule has 0 radical (unpaired) electrons. The van der Waals surface area contributed by atoms with Gasteiger partial charge in [-0.25, -0.2) is 4.79 Å². The second-order valence-corrected chi connectivity index (χ2v) is 13.3. The fraction of sp³-hybridized carbons (Fsp3) is 0.429. The van der Waals surface area contributed by atoms with Crippen molar-refractivity contribution in [1.82, 2.24) is 25.4 Å². The number of nitrogens with one attached hydrogen (secondary N) is 2. The number of rotatable bonds is 7. The van der Waals surface area contributed by atoms with Gasteiger partial charge in [0, 0.05) is 47.6 Å². The summed E-state index contributed by atoms with van der Waals surface area (Å²) in [7, 11) is 0. The Morgan fingerprint density at radius 2 is 1.75 bits per heavy atom. The number of hydrogen-bond acceptors (Lipinski definition) is 6. The minimum absolute atomic E-state index is 0.0516. The van der Waals surface area contributed by atoms with Crippen LogP contribution in [-0.4, -0.2) is 55.9 Å². The topological polar surface area (TPSA) is 109 Å². The third kappa shape index (κ3) is 5.87. The van der Waals surface area contributed by atoms with Gasteiger partial charge in [-0.1, -0.05) is 6.07 Å². The van der Waals surface area contributed by atoms with E-state index in [1.54, 1.807) is 6.20 Å². The smallest absolute Gasteiger partial charge is 0.410 e. The molecule has 2 saturated heterocycles. The van der Waals surface area contributed by atoms with Crippen LogP contribution in [0.4, 0.5) is 4.79 Å². The summed E-state index contributed by atoms with van der Waals surface area (Å²) in [5.74, 6) is 1.23. The molecule has 1 saturated carbocycles. The number of benzene rings is 2. The van der Waals surface area contributed by atoms with E-state index in [-0.39, 0.29) is 30.2 Å². The first kappa shape index (κ1) is 28.4. The van der Waals surface area contributed by atoms with Crippen molar-refractivity contribution in [3.05, 3.63) is 77.6 Å². The second kappa shape index (κ2) is 11.3. The Labute approximate surface area is 257 Å². The van der Waals surface area contributed by atoms with Gasteiger partial charge in [0.05, 0.1) is 23.4 Å². The zero-order chi connectivity index (χ0) is 30.4. The van der Waals surface area contributed by atoms with E-state index in [1.165, 1.54) is 18.4 Å². The lowest BCUT2D eigenvalue weighted by atomic mass is 10.00. The maximum absolute atomic E-state index is 13.1. The molecule has 3 fully saturated rings. The van der Waals surface area contributed by atoms with E-state index in [0.717, 1.165) is 59.3 Å². The molecule has 2 atom stereocenters. The summed E-state index contributed by atoms with van der Waals surface area (Å²) in [5.41, 5.74) is 4.85. The van der Waals surface area contributed by atoms with Crippen LogP contribution in [0.2, 0.25) is 0 Å². The number of pyridine rings is 1. The standard InChI is InChI=1S/C35H39N5O4/c1-35(2,3)44-34(42)40-24-11-12-25(40)19-27(18-24)43-26-13-8-22(9-14-26)32-29-17-23(10-15-30(29)38-39-32)33(41)37-20-31-28(21-6-7-21)5-4-16-36-31/h4-5,8-10,13-17,21,24-25,27H,6-7,11-12,18-20H2,1-3H3,(H,37,41)(H,38,39). The van der Waals surface area contributed by atoms with Crippen LogP contribution in [0.15, 0.2) is 60.8 Å². The van der Waals surface area contributed by atoms with E-state index in [1.807, 2.05) is 74.2 Å². The number of aromatic nitrogens is 3. The van der Waals surface area contributed by atoms with Crippen molar-refractivity contribution in [1.29, 1.82) is 0 Å². The quantitative estimate of drug-likeness (QED) is 0.246. The Morgan fingerprint density at radius 1 is 1.00 bits per heavy atom. The molecule has 4 aromatic rings. The van der Waals surface area contributed by atoms with Crippen LogP contribution in [-0.2, 0) is 11.3 Å². The van der Waals surface area contributed by atoms with Crippen LogP contribution in [0, 0.1) is 0 Å². The summed E-state index contributed by atoms with van der Waals surface area (Å²) < 4.78 is 12.1. The lowest BCUT2D eigenvalue weighted by Gasteiger charge is -2.39. The summed E-state index contributed by atoms with van der Waals surface area (Å²) in [5, 5.41) is 11.6. The summed E-state index contributed by atoms with van der Waals surface area (Å²) >= 11 is 0. The number of nitrogens with zero attached hydrogens (tertiary/aromatic N) is 3. The molecule has 44 heavy (non-hydrogen) atoms. The molecule has 228 valence electrons. The molecular weight excluding hydrogens is 554 g/mol. The molecule has 7 rings (SSSR count). The summed E-state index contributed by atoms with van der Waals surface area (Å²) in [6.07, 6.45) is 7.58. The lowest BCUT2D eigenvalue weighted by Crippen LogP contribution is -2.50. The van der Waals surface area contributed by atoms with Gasteiger partial charge in [-0.2, -0.15) is 5.10 Å². The van der Waals surface area contributed by atoms with Crippen LogP contribution in [0.3, 0.4) is 0 Å². The number of aromatic amines is 1. The lowest BCUT2D eigenvalue weighted by molar-refractivity contribution is -0.00708. The largest absolute Gasteiger partial charge is 0.490 e. The van der Waals surface area contributed by atoms with Gasteiger partial charge in [0.2, 0.25) is 0 Å². The third-order valence-electron chi connectivity index (χ3n) is 8.91. The Bertz CT molecular complexity index is 1670. The molecule has 2 aliphatic heterocycles. The highest BCUT2D eigenvalue weighted by Gasteiger charge is 2.45. The van der Waals surface area contributed by atoms with Gasteiger partial charge >= 0.3 is 6.09 Å². The van der Waals surface area contributed by atoms with E-state index in [4.69, 9.17) is 9.47 Å². The molecule has 2 bridgehead atoms. The second-order valence-electron chi connectivity index (χ2n) is 13.3. The normalized spacial score (nSPS) is 21.3. The average molecular weight is 594 g/mol. The van der Waals surface area contributed by atoms with Crippen LogP contribution < -0.4 is 10.1 Å². The first-order chi connectivity index (χ1) is 21.2. The molecule has 3 aliphatic rings. The minimum Gasteiger partial charge on any atom is -0.490 e. The van der Waals surface area contributed by atoms with E-state index in [9.17, 15) is 9.59 Å². The van der Waals surface area contributed by atoms with Gasteiger partial charge in [0.25, 0.3) is 5.91 Å². The van der Waals surface area contributed by atoms with Crippen molar-refractivity contribution in [2.24, 2.45) is 0 Å². The number of hydrogen-bond donors (Lipinski definition) is 2. The van der Waals surface area contributed by atoms with Gasteiger partial charge in [-0.15, -0.1) is 0 Å². The first-order valence-corrected chi connectivity index (χ1v) is 15.7. The molecule has 4 heterocycles. The maximum Gasteiger partial charge on any atom is 0.410 e. The van der Waals surface area contributed by atoms with Crippen LogP contribution in [0.1, 0.15) is 86.8 Å². The van der Waals surface area contributed by atoms with Gasteiger partial charge in [0.15, 0.2) is 0 Å². The van der Waals surface area contributed by atoms with Gasteiger partial charge in [-0.05, 0) is 106 Å². The van der Waals surface area contributed by atoms with Crippen molar-refractivity contribution in [2.75, 3.05) is 0 Å². The monoisotopic (exact) mass is 593 g/mol. The van der Waals surface area contributed by atoms with E-state index >= 15 is 0 Å². The van der Waals surface area contributed by atoms with Gasteiger partial charge < -0.3 is 19.7 Å². The number of fused-ring (bicyclic) bond motifs is 3. The summed E-state index contributed by atoms with van der Waals surface area (Å²) in [4.78, 5) is 32.4. The van der Waals surface area contributed by atoms with Crippen LogP contribution in [0.25, 0.3) is 22.2 Å². The summed E-state index contributed by atoms with van der Waals surface area (Å²) in [6.45, 7) is 6.12. The molecule has 2 amide bonds. The number of ether oxygens (including phenoxy) is 2. The molecule has 2 unspecified atom stereocenters. The Hall–Kier alpha value is -4.40. The van der Waals surface area contributed by atoms with Gasteiger partial charge in [0.1, 0.15) is 17.5 Å². The Balaban J connectivity index is 1.01. The number of carbonyl (C=O) groups is 2. The maximum atomic E-state index is 13.1. The minimum atomic E-state index is -0.501. The average Bonchev–Trinajstić information content (AvgIpc) is 3.70. The van der Waals surface area contributed by atoms with Crippen molar-refractivity contribution in [3.63, 3.8) is 0 Å². The number of amides is 2.